The third-order valence-electron chi connectivity index (χ3n) is 6.62. The molecule has 0 radical (unpaired) electrons. The normalized spacial score (nSPS) is 20.3. The van der Waals surface area contributed by atoms with Crippen LogP contribution in [0.1, 0.15) is 42.5 Å². The fourth-order valence-electron chi connectivity index (χ4n) is 5.16. The van der Waals surface area contributed by atoms with Crippen molar-refractivity contribution in [3.63, 3.8) is 0 Å². The number of hydrogen-bond donors (Lipinski definition) is 2. The van der Waals surface area contributed by atoms with E-state index >= 15 is 0 Å². The molecule has 6 heteroatoms. The van der Waals surface area contributed by atoms with E-state index in [0.29, 0.717) is 5.92 Å². The Hall–Kier alpha value is -3.12. The van der Waals surface area contributed by atoms with Crippen LogP contribution in [-0.2, 0) is 12.8 Å². The van der Waals surface area contributed by atoms with Crippen molar-refractivity contribution in [2.24, 2.45) is 0 Å². The monoisotopic (exact) mass is 429 g/mol. The molecule has 1 saturated heterocycles. The zero-order valence-electron chi connectivity index (χ0n) is 18.6. The summed E-state index contributed by atoms with van der Waals surface area (Å²) in [5, 5.41) is 11.3. The zero-order chi connectivity index (χ0) is 21.9. The average Bonchev–Trinajstić information content (AvgIpc) is 3.51. The highest BCUT2D eigenvalue weighted by atomic mass is 16.2. The minimum atomic E-state index is -0.152. The molecule has 2 amide bonds. The fourth-order valence-corrected chi connectivity index (χ4v) is 5.16. The number of aryl methyl sites for hydroxylation is 1. The Morgan fingerprint density at radius 1 is 1.03 bits per heavy atom. The second kappa shape index (κ2) is 9.17. The molecule has 1 aliphatic heterocycles. The molecule has 2 aliphatic rings. The van der Waals surface area contributed by atoms with Gasteiger partial charge in [-0.2, -0.15) is 5.10 Å². The number of urea groups is 1. The van der Waals surface area contributed by atoms with Crippen molar-refractivity contribution < 1.29 is 4.79 Å². The van der Waals surface area contributed by atoms with Crippen molar-refractivity contribution in [1.82, 2.24) is 20.0 Å². The standard InChI is InChI=1S/C26H31N5O/c1-2-16-30-17-22(19-10-5-3-6-11-19)24(18-30)27-26(32)28-25-21-14-9-15-23(21)29-31(25)20-12-7-4-8-13-20/h3-8,10-13,22,24H,2,9,14-18H2,1H3,(H2,27,28,32)/t22-,24?/m0/s1. The number of carbonyl (C=O) groups excluding carboxylic acids is 1. The highest BCUT2D eigenvalue weighted by Crippen LogP contribution is 2.31. The van der Waals surface area contributed by atoms with Gasteiger partial charge in [-0.25, -0.2) is 9.48 Å². The number of nitrogens with zero attached hydrogens (tertiary/aromatic N) is 3. The summed E-state index contributed by atoms with van der Waals surface area (Å²) in [7, 11) is 0. The molecule has 1 aliphatic carbocycles. The Morgan fingerprint density at radius 2 is 1.78 bits per heavy atom. The number of amides is 2. The van der Waals surface area contributed by atoms with Gasteiger partial charge in [0.05, 0.1) is 17.4 Å². The first kappa shape index (κ1) is 20.8. The fraction of sp³-hybridized carbons (Fsp3) is 0.385. The van der Waals surface area contributed by atoms with Gasteiger partial charge in [0, 0.05) is 24.6 Å². The van der Waals surface area contributed by atoms with E-state index in [1.165, 1.54) is 11.1 Å². The van der Waals surface area contributed by atoms with E-state index in [1.54, 1.807) is 0 Å². The van der Waals surface area contributed by atoms with Gasteiger partial charge in [0.15, 0.2) is 0 Å². The Morgan fingerprint density at radius 3 is 2.53 bits per heavy atom. The van der Waals surface area contributed by atoms with Gasteiger partial charge < -0.3 is 10.2 Å². The second-order valence-corrected chi connectivity index (χ2v) is 8.86. The predicted octanol–water partition coefficient (Wildman–Crippen LogP) is 4.36. The summed E-state index contributed by atoms with van der Waals surface area (Å²) < 4.78 is 1.89. The van der Waals surface area contributed by atoms with Gasteiger partial charge in [0.1, 0.15) is 5.82 Å². The predicted molar refractivity (Wildman–Crippen MR) is 127 cm³/mol. The minimum Gasteiger partial charge on any atom is -0.333 e. The maximum atomic E-state index is 13.2. The number of likely N-dealkylation sites (tertiary alicyclic amines) is 1. The van der Waals surface area contributed by atoms with Gasteiger partial charge in [-0.3, -0.25) is 5.32 Å². The largest absolute Gasteiger partial charge is 0.333 e. The Balaban J connectivity index is 1.36. The molecule has 0 spiro atoms. The first-order valence-corrected chi connectivity index (χ1v) is 11.7. The topological polar surface area (TPSA) is 62.2 Å². The van der Waals surface area contributed by atoms with Crippen LogP contribution in [0, 0.1) is 0 Å². The molecule has 32 heavy (non-hydrogen) atoms. The maximum absolute atomic E-state index is 13.2. The van der Waals surface area contributed by atoms with Crippen LogP contribution in [0.3, 0.4) is 0 Å². The van der Waals surface area contributed by atoms with Gasteiger partial charge in [0.2, 0.25) is 0 Å². The summed E-state index contributed by atoms with van der Waals surface area (Å²) in [5.74, 6) is 1.10. The van der Waals surface area contributed by atoms with E-state index in [0.717, 1.165) is 62.5 Å². The molecule has 0 bridgehead atoms. The molecule has 2 heterocycles. The van der Waals surface area contributed by atoms with Crippen LogP contribution in [0.5, 0.6) is 0 Å². The van der Waals surface area contributed by atoms with Crippen molar-refractivity contribution in [2.75, 3.05) is 25.0 Å². The number of carbonyl (C=O) groups is 1. The molecule has 1 unspecified atom stereocenters. The lowest BCUT2D eigenvalue weighted by molar-refractivity contribution is 0.247. The summed E-state index contributed by atoms with van der Waals surface area (Å²) in [6.45, 7) is 5.10. The van der Waals surface area contributed by atoms with Crippen LogP contribution >= 0.6 is 0 Å². The Bertz CT molecular complexity index is 1060. The van der Waals surface area contributed by atoms with Gasteiger partial charge in [0.25, 0.3) is 0 Å². The molecule has 0 saturated carbocycles. The average molecular weight is 430 g/mol. The van der Waals surface area contributed by atoms with Gasteiger partial charge in [-0.1, -0.05) is 55.5 Å². The van der Waals surface area contributed by atoms with Crippen molar-refractivity contribution in [1.29, 1.82) is 0 Å². The second-order valence-electron chi connectivity index (χ2n) is 8.86. The number of benzene rings is 2. The van der Waals surface area contributed by atoms with E-state index in [1.807, 2.05) is 41.1 Å². The number of anilines is 1. The highest BCUT2D eigenvalue weighted by molar-refractivity contribution is 5.90. The molecule has 166 valence electrons. The Kier molecular flexibility index (Phi) is 5.95. The number of hydrogen-bond acceptors (Lipinski definition) is 3. The van der Waals surface area contributed by atoms with Crippen LogP contribution in [0.4, 0.5) is 10.6 Å². The van der Waals surface area contributed by atoms with E-state index in [9.17, 15) is 4.79 Å². The Labute approximate surface area is 189 Å². The minimum absolute atomic E-state index is 0.0742. The molecule has 2 N–H and O–H groups in total. The smallest absolute Gasteiger partial charge is 0.320 e. The molecule has 2 atom stereocenters. The summed E-state index contributed by atoms with van der Waals surface area (Å²) in [6.07, 6.45) is 4.13. The van der Waals surface area contributed by atoms with Crippen LogP contribution in [0.25, 0.3) is 5.69 Å². The lowest BCUT2D eigenvalue weighted by Gasteiger charge is -2.21. The molecule has 2 aromatic carbocycles. The quantitative estimate of drug-likeness (QED) is 0.612. The number of nitrogens with one attached hydrogen (secondary N) is 2. The summed E-state index contributed by atoms with van der Waals surface area (Å²) >= 11 is 0. The van der Waals surface area contributed by atoms with E-state index in [4.69, 9.17) is 5.10 Å². The molecule has 3 aromatic rings. The SMILES string of the molecule is CCCN1CC(NC(=O)Nc2c3c(nn2-c2ccccc2)CCC3)[C@H](c2ccccc2)C1. The van der Waals surface area contributed by atoms with E-state index in [-0.39, 0.29) is 12.1 Å². The molecule has 1 aromatic heterocycles. The molecule has 1 fully saturated rings. The van der Waals surface area contributed by atoms with Crippen molar-refractivity contribution >= 4 is 11.8 Å². The van der Waals surface area contributed by atoms with Crippen molar-refractivity contribution in [3.8, 4) is 5.69 Å². The van der Waals surface area contributed by atoms with Gasteiger partial charge in [-0.05, 0) is 49.9 Å². The van der Waals surface area contributed by atoms with Crippen LogP contribution in [-0.4, -0.2) is 46.4 Å². The van der Waals surface area contributed by atoms with Crippen molar-refractivity contribution in [3.05, 3.63) is 77.5 Å². The lowest BCUT2D eigenvalue weighted by atomic mass is 9.94. The van der Waals surface area contributed by atoms with Crippen molar-refractivity contribution in [2.45, 2.75) is 44.6 Å². The van der Waals surface area contributed by atoms with E-state index < -0.39 is 0 Å². The molecule has 6 nitrogen and oxygen atoms in total. The number of para-hydroxylation sites is 1. The van der Waals surface area contributed by atoms with Crippen LogP contribution < -0.4 is 10.6 Å². The number of rotatable bonds is 6. The zero-order valence-corrected chi connectivity index (χ0v) is 18.6. The summed E-state index contributed by atoms with van der Waals surface area (Å²) in [4.78, 5) is 15.7. The first-order chi connectivity index (χ1) is 15.7. The summed E-state index contributed by atoms with van der Waals surface area (Å²) in [6, 6.07) is 20.5. The number of fused-ring (bicyclic) bond motifs is 1. The van der Waals surface area contributed by atoms with E-state index in [2.05, 4.69) is 46.7 Å². The third-order valence-corrected chi connectivity index (χ3v) is 6.62. The summed E-state index contributed by atoms with van der Waals surface area (Å²) in [5.41, 5.74) is 4.52. The first-order valence-electron chi connectivity index (χ1n) is 11.7. The molecular weight excluding hydrogens is 398 g/mol. The number of aromatic nitrogens is 2. The highest BCUT2D eigenvalue weighted by Gasteiger charge is 2.35. The molecular formula is C26H31N5O. The molecule has 5 rings (SSSR count). The third kappa shape index (κ3) is 4.15. The van der Waals surface area contributed by atoms with Gasteiger partial charge >= 0.3 is 6.03 Å². The maximum Gasteiger partial charge on any atom is 0.320 e. The van der Waals surface area contributed by atoms with Gasteiger partial charge in [-0.15, -0.1) is 0 Å². The lowest BCUT2D eigenvalue weighted by Crippen LogP contribution is -2.42. The van der Waals surface area contributed by atoms with Crippen LogP contribution in [0.2, 0.25) is 0 Å². The van der Waals surface area contributed by atoms with Crippen LogP contribution in [0.15, 0.2) is 60.7 Å².